The van der Waals surface area contributed by atoms with Gasteiger partial charge < -0.3 is 20.2 Å². The van der Waals surface area contributed by atoms with Gasteiger partial charge in [-0.05, 0) is 85.6 Å². The number of benzene rings is 2. The van der Waals surface area contributed by atoms with Gasteiger partial charge in [-0.3, -0.25) is 14.7 Å². The number of carbonyl (C=O) groups is 1. The largest absolute Gasteiger partial charge is 0.481 e. The van der Waals surface area contributed by atoms with Crippen LogP contribution in [0.3, 0.4) is 0 Å². The predicted octanol–water partition coefficient (Wildman–Crippen LogP) is 7.17. The molecule has 1 aliphatic carbocycles. The Hall–Kier alpha value is -5.37. The second-order valence-electron chi connectivity index (χ2n) is 14.0. The van der Waals surface area contributed by atoms with Crippen LogP contribution in [0.15, 0.2) is 83.6 Å². The molecule has 1 fully saturated rings. The van der Waals surface area contributed by atoms with E-state index in [4.69, 9.17) is 14.4 Å². The second-order valence-corrected chi connectivity index (χ2v) is 14.0. The molecule has 0 spiro atoms. The van der Waals surface area contributed by atoms with Crippen molar-refractivity contribution in [2.45, 2.75) is 46.2 Å². The van der Waals surface area contributed by atoms with E-state index in [2.05, 4.69) is 70.8 Å². The summed E-state index contributed by atoms with van der Waals surface area (Å²) in [4.78, 5) is 28.1. The molecule has 49 heavy (non-hydrogen) atoms. The molecule has 7 rings (SSSR count). The molecule has 0 bridgehead atoms. The molecule has 1 aliphatic heterocycles. The summed E-state index contributed by atoms with van der Waals surface area (Å²) >= 11 is 0. The van der Waals surface area contributed by atoms with Crippen molar-refractivity contribution in [3.63, 3.8) is 0 Å². The van der Waals surface area contributed by atoms with Gasteiger partial charge in [-0.25, -0.2) is 9.97 Å². The van der Waals surface area contributed by atoms with Crippen LogP contribution in [0.2, 0.25) is 0 Å². The molecule has 2 atom stereocenters. The summed E-state index contributed by atoms with van der Waals surface area (Å²) in [7, 11) is 1.92. The van der Waals surface area contributed by atoms with Crippen molar-refractivity contribution in [2.24, 2.45) is 10.8 Å². The van der Waals surface area contributed by atoms with E-state index < -0.39 is 16.8 Å². The van der Waals surface area contributed by atoms with Crippen molar-refractivity contribution in [3.05, 3.63) is 107 Å². The number of likely N-dealkylation sites (tertiary alicyclic amines) is 1. The standard InChI is InChI=1S/C39H39N7O3/c1-38(2)30(26-7-5-8-29(18-26)44-35-33-27(11-13-42-35)16-25(20-41-4)21-43-33)9-6-10-31(38)36-45-32-17-24(15-28(19-40)34(32)49-36)22-46-14-12-39(3,23-46)37(47)48/h5-11,13,15-18,21,31,41H,12,14,20,22-23H2,1-4H3,(H,42,44)(H,47,48)/t31?,39-/m1/s1. The number of carboxylic acids is 1. The summed E-state index contributed by atoms with van der Waals surface area (Å²) in [6.45, 7) is 8.60. The summed E-state index contributed by atoms with van der Waals surface area (Å²) in [5, 5.41) is 27.4. The lowest BCUT2D eigenvalue weighted by molar-refractivity contribution is -0.147. The van der Waals surface area contributed by atoms with E-state index >= 15 is 0 Å². The number of allylic oxidation sites excluding steroid dienone is 4. The summed E-state index contributed by atoms with van der Waals surface area (Å²) in [5.41, 5.74) is 6.28. The van der Waals surface area contributed by atoms with Gasteiger partial charge in [0.15, 0.2) is 11.4 Å². The molecule has 4 heterocycles. The van der Waals surface area contributed by atoms with Gasteiger partial charge in [0.1, 0.15) is 17.1 Å². The molecule has 5 aromatic rings. The molecule has 248 valence electrons. The van der Waals surface area contributed by atoms with Crippen LogP contribution in [0.1, 0.15) is 61.3 Å². The minimum atomic E-state index is -0.776. The normalized spacial score (nSPS) is 20.4. The Bertz CT molecular complexity index is 2190. The van der Waals surface area contributed by atoms with Crippen molar-refractivity contribution in [2.75, 3.05) is 25.5 Å². The van der Waals surface area contributed by atoms with Gasteiger partial charge in [0.05, 0.1) is 16.9 Å². The minimum Gasteiger partial charge on any atom is -0.481 e. The number of anilines is 2. The molecule has 3 N–H and O–H groups in total. The number of rotatable bonds is 9. The summed E-state index contributed by atoms with van der Waals surface area (Å²) in [6.07, 6.45) is 10.6. The fourth-order valence-corrected chi connectivity index (χ4v) is 7.18. The predicted molar refractivity (Wildman–Crippen MR) is 190 cm³/mol. The Labute approximate surface area is 285 Å². The molecule has 0 radical (unpaired) electrons. The Kier molecular flexibility index (Phi) is 8.27. The van der Waals surface area contributed by atoms with Gasteiger partial charge in [-0.2, -0.15) is 5.26 Å². The third-order valence-corrected chi connectivity index (χ3v) is 9.94. The average Bonchev–Trinajstić information content (AvgIpc) is 3.68. The Morgan fingerprint density at radius 2 is 2.00 bits per heavy atom. The van der Waals surface area contributed by atoms with E-state index in [1.54, 1.807) is 13.1 Å². The first-order chi connectivity index (χ1) is 23.6. The quantitative estimate of drug-likeness (QED) is 0.150. The number of aliphatic carboxylic acids is 1. The summed E-state index contributed by atoms with van der Waals surface area (Å²) < 4.78 is 6.37. The van der Waals surface area contributed by atoms with E-state index in [-0.39, 0.29) is 5.92 Å². The zero-order valence-electron chi connectivity index (χ0n) is 28.1. The number of nitrogens with zero attached hydrogens (tertiary/aromatic N) is 5. The third kappa shape index (κ3) is 6.07. The third-order valence-electron chi connectivity index (χ3n) is 9.94. The number of hydrogen-bond donors (Lipinski definition) is 3. The average molecular weight is 654 g/mol. The first-order valence-electron chi connectivity index (χ1n) is 16.5. The maximum Gasteiger partial charge on any atom is 0.310 e. The zero-order chi connectivity index (χ0) is 34.3. The zero-order valence-corrected chi connectivity index (χ0v) is 28.1. The van der Waals surface area contributed by atoms with Crippen LogP contribution in [-0.4, -0.2) is 51.1 Å². The first kappa shape index (κ1) is 32.2. The van der Waals surface area contributed by atoms with Crippen LogP contribution in [0.4, 0.5) is 11.5 Å². The molecule has 10 heteroatoms. The van der Waals surface area contributed by atoms with Crippen LogP contribution < -0.4 is 10.6 Å². The van der Waals surface area contributed by atoms with Gasteiger partial charge in [0.2, 0.25) is 5.89 Å². The summed E-state index contributed by atoms with van der Waals surface area (Å²) in [6, 6.07) is 18.5. The number of hydrogen-bond acceptors (Lipinski definition) is 9. The molecule has 0 amide bonds. The topological polar surface area (TPSA) is 140 Å². The van der Waals surface area contributed by atoms with Crippen molar-refractivity contribution in [1.82, 2.24) is 25.2 Å². The number of pyridine rings is 2. The Morgan fingerprint density at radius 3 is 2.78 bits per heavy atom. The van der Waals surface area contributed by atoms with Crippen LogP contribution in [0, 0.1) is 22.2 Å². The highest BCUT2D eigenvalue weighted by molar-refractivity contribution is 5.90. The Balaban J connectivity index is 1.14. The lowest BCUT2D eigenvalue weighted by Gasteiger charge is -2.35. The SMILES string of the molecule is CNCc1cnc2c(Nc3cccc(C4=CC=CC(c5nc6cc(CN7CC[C@@](C)(C(=O)O)C7)cc(C#N)c6o5)C4(C)C)c3)nccc2c1. The van der Waals surface area contributed by atoms with Crippen molar-refractivity contribution in [1.29, 1.82) is 5.26 Å². The molecule has 1 unspecified atom stereocenters. The van der Waals surface area contributed by atoms with Gasteiger partial charge >= 0.3 is 5.97 Å². The molecular weight excluding hydrogens is 614 g/mol. The molecule has 2 aliphatic rings. The second kappa shape index (κ2) is 12.6. The lowest BCUT2D eigenvalue weighted by atomic mass is 9.68. The van der Waals surface area contributed by atoms with E-state index in [0.717, 1.165) is 45.4 Å². The van der Waals surface area contributed by atoms with Gasteiger partial charge in [-0.1, -0.05) is 44.2 Å². The molecule has 0 saturated carbocycles. The van der Waals surface area contributed by atoms with Crippen LogP contribution >= 0.6 is 0 Å². The number of nitriles is 1. The molecule has 1 saturated heterocycles. The number of fused-ring (bicyclic) bond motifs is 2. The molecular formula is C39H39N7O3. The van der Waals surface area contributed by atoms with Crippen LogP contribution in [-0.2, 0) is 17.9 Å². The fourth-order valence-electron chi connectivity index (χ4n) is 7.18. The number of oxazole rings is 1. The Morgan fingerprint density at radius 1 is 1.14 bits per heavy atom. The number of carboxylic acid groups (broad SMARTS) is 1. The van der Waals surface area contributed by atoms with Crippen LogP contribution in [0.25, 0.3) is 27.6 Å². The highest BCUT2D eigenvalue weighted by Gasteiger charge is 2.41. The van der Waals surface area contributed by atoms with Crippen molar-refractivity contribution >= 4 is 45.1 Å². The van der Waals surface area contributed by atoms with Crippen molar-refractivity contribution in [3.8, 4) is 6.07 Å². The number of nitrogens with one attached hydrogen (secondary N) is 2. The highest BCUT2D eigenvalue weighted by atomic mass is 16.4. The maximum absolute atomic E-state index is 11.8. The number of aromatic nitrogens is 3. The lowest BCUT2D eigenvalue weighted by Crippen LogP contribution is -2.31. The monoisotopic (exact) mass is 653 g/mol. The molecule has 3 aromatic heterocycles. The first-order valence-corrected chi connectivity index (χ1v) is 16.5. The van der Waals surface area contributed by atoms with E-state index in [1.165, 1.54) is 0 Å². The van der Waals surface area contributed by atoms with Gasteiger partial charge in [0.25, 0.3) is 0 Å². The van der Waals surface area contributed by atoms with E-state index in [9.17, 15) is 15.2 Å². The van der Waals surface area contributed by atoms with Crippen LogP contribution in [0.5, 0.6) is 0 Å². The minimum absolute atomic E-state index is 0.183. The smallest absolute Gasteiger partial charge is 0.310 e. The van der Waals surface area contributed by atoms with E-state index in [0.29, 0.717) is 54.4 Å². The summed E-state index contributed by atoms with van der Waals surface area (Å²) in [5.74, 6) is 0.284. The molecule has 2 aromatic carbocycles. The van der Waals surface area contributed by atoms with E-state index in [1.807, 2.05) is 49.7 Å². The van der Waals surface area contributed by atoms with Crippen molar-refractivity contribution < 1.29 is 14.3 Å². The fraction of sp³-hybridized carbons (Fsp3) is 0.308. The van der Waals surface area contributed by atoms with Gasteiger partial charge in [0, 0.05) is 48.5 Å². The molecule has 10 nitrogen and oxygen atoms in total. The maximum atomic E-state index is 11.8. The highest BCUT2D eigenvalue weighted by Crippen LogP contribution is 2.49. The van der Waals surface area contributed by atoms with Gasteiger partial charge in [-0.15, -0.1) is 0 Å².